The van der Waals surface area contributed by atoms with E-state index in [2.05, 4.69) is 12.2 Å². The second kappa shape index (κ2) is 2.80. The molecule has 60 valence electrons. The molecule has 0 saturated heterocycles. The minimum Gasteiger partial charge on any atom is -0.299 e. The van der Waals surface area contributed by atoms with Gasteiger partial charge in [0.25, 0.3) is 0 Å². The van der Waals surface area contributed by atoms with Crippen molar-refractivity contribution in [3.05, 3.63) is 12.2 Å². The molecule has 0 N–H and O–H groups in total. The summed E-state index contributed by atoms with van der Waals surface area (Å²) in [7, 11) is 0. The van der Waals surface area contributed by atoms with Crippen LogP contribution < -0.4 is 0 Å². The van der Waals surface area contributed by atoms with E-state index in [1.54, 1.807) is 0 Å². The quantitative estimate of drug-likeness (QED) is 0.484. The largest absolute Gasteiger partial charge is 0.299 e. The normalized spacial score (nSPS) is 36.9. The van der Waals surface area contributed by atoms with E-state index >= 15 is 0 Å². The number of hydrogen-bond donors (Lipinski definition) is 0. The molecule has 0 heterocycles. The van der Waals surface area contributed by atoms with Crippen LogP contribution in [0.1, 0.15) is 32.1 Å². The smallest absolute Gasteiger partial charge is 0.140 e. The Bertz CT molecular complexity index is 193. The Morgan fingerprint density at radius 1 is 1.36 bits per heavy atom. The van der Waals surface area contributed by atoms with Crippen molar-refractivity contribution in [2.75, 3.05) is 0 Å². The molecular formula is C10H14O. The lowest BCUT2D eigenvalue weighted by Gasteiger charge is -2.08. The Labute approximate surface area is 67.5 Å². The average molecular weight is 150 g/mol. The molecule has 2 aliphatic carbocycles. The van der Waals surface area contributed by atoms with E-state index in [0.717, 1.165) is 19.3 Å². The fourth-order valence-electron chi connectivity index (χ4n) is 2.17. The molecule has 1 heteroatoms. The monoisotopic (exact) mass is 150 g/mol. The van der Waals surface area contributed by atoms with Crippen molar-refractivity contribution in [2.45, 2.75) is 32.1 Å². The van der Waals surface area contributed by atoms with Crippen molar-refractivity contribution >= 4 is 5.78 Å². The van der Waals surface area contributed by atoms with Gasteiger partial charge in [-0.2, -0.15) is 0 Å². The molecule has 2 atom stereocenters. The van der Waals surface area contributed by atoms with Gasteiger partial charge in [0.05, 0.1) is 0 Å². The summed E-state index contributed by atoms with van der Waals surface area (Å²) < 4.78 is 0. The predicted octanol–water partition coefficient (Wildman–Crippen LogP) is 2.32. The Balaban J connectivity index is 2.23. The van der Waals surface area contributed by atoms with Gasteiger partial charge in [-0.1, -0.05) is 18.6 Å². The zero-order valence-corrected chi connectivity index (χ0v) is 6.75. The van der Waals surface area contributed by atoms with Crippen molar-refractivity contribution in [3.8, 4) is 0 Å². The predicted molar refractivity (Wildman–Crippen MR) is 44.2 cm³/mol. The molecule has 11 heavy (non-hydrogen) atoms. The number of carbonyl (C=O) groups is 1. The maximum atomic E-state index is 11.4. The summed E-state index contributed by atoms with van der Waals surface area (Å²) in [5.41, 5.74) is 0. The Morgan fingerprint density at radius 2 is 2.27 bits per heavy atom. The van der Waals surface area contributed by atoms with Gasteiger partial charge in [0.1, 0.15) is 5.78 Å². The molecule has 0 aliphatic heterocycles. The summed E-state index contributed by atoms with van der Waals surface area (Å²) in [5, 5.41) is 0. The number of carbonyl (C=O) groups excluding carboxylic acids is 1. The van der Waals surface area contributed by atoms with Gasteiger partial charge in [-0.15, -0.1) is 0 Å². The molecule has 2 aliphatic rings. The summed E-state index contributed by atoms with van der Waals surface area (Å²) in [6.45, 7) is 0. The molecule has 0 radical (unpaired) electrons. The van der Waals surface area contributed by atoms with E-state index in [0.29, 0.717) is 11.7 Å². The molecule has 1 nitrogen and oxygen atoms in total. The maximum absolute atomic E-state index is 11.4. The van der Waals surface area contributed by atoms with Crippen LogP contribution >= 0.6 is 0 Å². The van der Waals surface area contributed by atoms with Gasteiger partial charge in [-0.25, -0.2) is 0 Å². The average Bonchev–Trinajstić information content (AvgIpc) is 2.16. The summed E-state index contributed by atoms with van der Waals surface area (Å²) in [6, 6.07) is 0. The topological polar surface area (TPSA) is 17.1 Å². The standard InChI is InChI=1S/C10H14O/c11-10-7-8-3-1-5-9(10)6-2-4-8/h1,5,8-9H,2-4,6-7H2. The summed E-state index contributed by atoms with van der Waals surface area (Å²) in [4.78, 5) is 11.4. The van der Waals surface area contributed by atoms with Gasteiger partial charge < -0.3 is 0 Å². The van der Waals surface area contributed by atoms with Crippen molar-refractivity contribution in [1.29, 1.82) is 0 Å². The lowest BCUT2D eigenvalue weighted by Crippen LogP contribution is -2.09. The number of rotatable bonds is 0. The van der Waals surface area contributed by atoms with Crippen molar-refractivity contribution in [3.63, 3.8) is 0 Å². The van der Waals surface area contributed by atoms with Crippen LogP contribution in [0.2, 0.25) is 0 Å². The Morgan fingerprint density at radius 3 is 3.18 bits per heavy atom. The molecule has 2 unspecified atom stereocenters. The number of hydrogen-bond acceptors (Lipinski definition) is 1. The van der Waals surface area contributed by atoms with Gasteiger partial charge in [0.2, 0.25) is 0 Å². The van der Waals surface area contributed by atoms with E-state index in [9.17, 15) is 4.79 Å². The zero-order chi connectivity index (χ0) is 7.68. The van der Waals surface area contributed by atoms with E-state index in [1.807, 2.05) is 0 Å². The second-order valence-electron chi connectivity index (χ2n) is 3.74. The molecule has 0 aromatic heterocycles. The first-order chi connectivity index (χ1) is 5.36. The molecular weight excluding hydrogens is 136 g/mol. The minimum atomic E-state index is 0.280. The molecule has 0 amide bonds. The van der Waals surface area contributed by atoms with Crippen molar-refractivity contribution in [2.24, 2.45) is 11.8 Å². The lowest BCUT2D eigenvalue weighted by molar-refractivity contribution is -0.121. The van der Waals surface area contributed by atoms with Crippen LogP contribution in [0.15, 0.2) is 12.2 Å². The van der Waals surface area contributed by atoms with Gasteiger partial charge in [0, 0.05) is 12.3 Å². The first-order valence-electron chi connectivity index (χ1n) is 4.55. The number of allylic oxidation sites excluding steroid dienone is 2. The number of fused-ring (bicyclic) bond motifs is 3. The first kappa shape index (κ1) is 7.08. The van der Waals surface area contributed by atoms with Crippen LogP contribution in [0.5, 0.6) is 0 Å². The lowest BCUT2D eigenvalue weighted by atomic mass is 9.97. The van der Waals surface area contributed by atoms with Gasteiger partial charge in [-0.3, -0.25) is 4.79 Å². The fourth-order valence-corrected chi connectivity index (χ4v) is 2.17. The van der Waals surface area contributed by atoms with Crippen LogP contribution in [0, 0.1) is 11.8 Å². The van der Waals surface area contributed by atoms with Crippen LogP contribution in [-0.4, -0.2) is 5.78 Å². The van der Waals surface area contributed by atoms with Crippen molar-refractivity contribution in [1.82, 2.24) is 0 Å². The minimum absolute atomic E-state index is 0.280. The third-order valence-corrected chi connectivity index (χ3v) is 2.87. The van der Waals surface area contributed by atoms with Crippen LogP contribution in [0.25, 0.3) is 0 Å². The fraction of sp³-hybridized carbons (Fsp3) is 0.700. The third kappa shape index (κ3) is 1.37. The molecule has 0 aromatic rings. The molecule has 1 fully saturated rings. The number of ketones is 1. The van der Waals surface area contributed by atoms with Gasteiger partial charge in [-0.05, 0) is 25.2 Å². The van der Waals surface area contributed by atoms with Gasteiger partial charge in [0.15, 0.2) is 0 Å². The highest BCUT2D eigenvalue weighted by Crippen LogP contribution is 2.30. The zero-order valence-electron chi connectivity index (χ0n) is 6.75. The SMILES string of the molecule is O=C1CC2CC=CC1CCC2. The van der Waals surface area contributed by atoms with Gasteiger partial charge >= 0.3 is 0 Å². The highest BCUT2D eigenvalue weighted by molar-refractivity contribution is 5.83. The highest BCUT2D eigenvalue weighted by Gasteiger charge is 2.25. The molecule has 2 bridgehead atoms. The molecule has 0 aromatic carbocycles. The van der Waals surface area contributed by atoms with E-state index in [4.69, 9.17) is 0 Å². The van der Waals surface area contributed by atoms with Crippen LogP contribution in [0.3, 0.4) is 0 Å². The Kier molecular flexibility index (Phi) is 1.80. The first-order valence-corrected chi connectivity index (χ1v) is 4.55. The van der Waals surface area contributed by atoms with Crippen molar-refractivity contribution < 1.29 is 4.79 Å². The van der Waals surface area contributed by atoms with E-state index in [1.165, 1.54) is 12.8 Å². The van der Waals surface area contributed by atoms with E-state index < -0.39 is 0 Å². The molecule has 2 rings (SSSR count). The molecule has 1 saturated carbocycles. The van der Waals surface area contributed by atoms with Crippen LogP contribution in [-0.2, 0) is 4.79 Å². The summed E-state index contributed by atoms with van der Waals surface area (Å²) in [6.07, 6.45) is 9.95. The number of Topliss-reactive ketones (excluding diaryl/α,β-unsaturated/α-hetero) is 1. The second-order valence-corrected chi connectivity index (χ2v) is 3.74. The summed E-state index contributed by atoms with van der Waals surface area (Å²) in [5.74, 6) is 1.44. The Hall–Kier alpha value is -0.590. The third-order valence-electron chi connectivity index (χ3n) is 2.87. The summed E-state index contributed by atoms with van der Waals surface area (Å²) >= 11 is 0. The van der Waals surface area contributed by atoms with Crippen LogP contribution in [0.4, 0.5) is 0 Å². The molecule has 0 spiro atoms. The van der Waals surface area contributed by atoms with E-state index in [-0.39, 0.29) is 5.92 Å². The maximum Gasteiger partial charge on any atom is 0.140 e. The highest BCUT2D eigenvalue weighted by atomic mass is 16.1.